The molecule has 1 amide bonds. The predicted molar refractivity (Wildman–Crippen MR) is 168 cm³/mol. The molecule has 44 heavy (non-hydrogen) atoms. The van der Waals surface area contributed by atoms with E-state index in [-0.39, 0.29) is 36.7 Å². The number of fused-ring (bicyclic) bond motifs is 3. The van der Waals surface area contributed by atoms with Crippen molar-refractivity contribution in [1.82, 2.24) is 14.8 Å². The number of carbonyl (C=O) groups excluding carboxylic acids is 1. The van der Waals surface area contributed by atoms with Crippen LogP contribution in [0.3, 0.4) is 0 Å². The molecule has 2 aromatic carbocycles. The van der Waals surface area contributed by atoms with Crippen LogP contribution in [0.1, 0.15) is 54.9 Å². The topological polar surface area (TPSA) is 126 Å². The van der Waals surface area contributed by atoms with E-state index < -0.39 is 12.0 Å². The zero-order valence-electron chi connectivity index (χ0n) is 25.5. The molecule has 0 saturated heterocycles. The van der Waals surface area contributed by atoms with Crippen molar-refractivity contribution in [2.24, 2.45) is 15.7 Å². The van der Waals surface area contributed by atoms with Crippen molar-refractivity contribution in [2.45, 2.75) is 52.3 Å². The summed E-state index contributed by atoms with van der Waals surface area (Å²) in [6.45, 7) is 10.2. The van der Waals surface area contributed by atoms with Gasteiger partial charge in [-0.1, -0.05) is 12.1 Å². The summed E-state index contributed by atoms with van der Waals surface area (Å²) in [5.41, 5.74) is 8.43. The summed E-state index contributed by atoms with van der Waals surface area (Å²) in [4.78, 5) is 30.6. The Morgan fingerprint density at radius 3 is 2.52 bits per heavy atom. The number of amidine groups is 2. The van der Waals surface area contributed by atoms with E-state index in [1.165, 1.54) is 12.1 Å². The number of nitrogens with zero attached hydrogens (tertiary/aromatic N) is 5. The van der Waals surface area contributed by atoms with Crippen molar-refractivity contribution in [3.05, 3.63) is 82.9 Å². The van der Waals surface area contributed by atoms with Crippen LogP contribution in [0.5, 0.6) is 11.5 Å². The van der Waals surface area contributed by atoms with E-state index in [2.05, 4.69) is 37.6 Å². The fraction of sp³-hybridized carbons (Fsp3) is 0.394. The summed E-state index contributed by atoms with van der Waals surface area (Å²) in [5, 5.41) is 10.9. The number of benzene rings is 2. The maximum absolute atomic E-state index is 13.5. The molecule has 3 heterocycles. The number of aromatic nitrogens is 1. The molecule has 0 aliphatic carbocycles. The molecule has 3 aromatic rings. The molecule has 0 radical (unpaired) electrons. The first-order valence-electron chi connectivity index (χ1n) is 14.9. The van der Waals surface area contributed by atoms with Crippen LogP contribution in [0.15, 0.2) is 64.7 Å². The lowest BCUT2D eigenvalue weighted by Crippen LogP contribution is -2.43. The molecule has 0 unspecified atom stereocenters. The van der Waals surface area contributed by atoms with Gasteiger partial charge >= 0.3 is 0 Å². The van der Waals surface area contributed by atoms with Gasteiger partial charge in [0.25, 0.3) is 5.91 Å². The zero-order chi connectivity index (χ0) is 31.4. The van der Waals surface area contributed by atoms with Crippen molar-refractivity contribution in [3.8, 4) is 11.5 Å². The quantitative estimate of drug-likeness (QED) is 0.303. The minimum atomic E-state index is -0.747. The minimum Gasteiger partial charge on any atom is -0.487 e. The van der Waals surface area contributed by atoms with Crippen LogP contribution in [0.25, 0.3) is 0 Å². The fourth-order valence-electron chi connectivity index (χ4n) is 5.53. The Kier molecular flexibility index (Phi) is 9.55. The lowest BCUT2D eigenvalue weighted by Gasteiger charge is -2.32. The average molecular weight is 603 g/mol. The third-order valence-electron chi connectivity index (χ3n) is 7.67. The molecule has 0 spiro atoms. The summed E-state index contributed by atoms with van der Waals surface area (Å²) in [7, 11) is 0. The van der Waals surface area contributed by atoms with Crippen LogP contribution in [-0.4, -0.2) is 88.5 Å². The number of aliphatic imine (C=N–C) groups is 2. The summed E-state index contributed by atoms with van der Waals surface area (Å²) in [5.74, 6) is 0.999. The monoisotopic (exact) mass is 602 g/mol. The van der Waals surface area contributed by atoms with E-state index in [0.29, 0.717) is 60.6 Å². The van der Waals surface area contributed by atoms with Gasteiger partial charge in [-0.25, -0.2) is 9.38 Å². The van der Waals surface area contributed by atoms with Crippen molar-refractivity contribution >= 4 is 23.3 Å². The van der Waals surface area contributed by atoms with E-state index in [4.69, 9.17) is 25.2 Å². The van der Waals surface area contributed by atoms with E-state index in [9.17, 15) is 14.3 Å². The number of aliphatic hydroxyl groups is 1. The number of nitrogens with two attached hydrogens (primary N) is 1. The van der Waals surface area contributed by atoms with Gasteiger partial charge in [0.2, 0.25) is 0 Å². The van der Waals surface area contributed by atoms with E-state index >= 15 is 0 Å². The molecular formula is C33H39FN6O4. The lowest BCUT2D eigenvalue weighted by molar-refractivity contribution is 0.0437. The van der Waals surface area contributed by atoms with Gasteiger partial charge in [-0.05, 0) is 69.7 Å². The van der Waals surface area contributed by atoms with E-state index in [1.54, 1.807) is 36.5 Å². The van der Waals surface area contributed by atoms with Crippen LogP contribution in [0, 0.1) is 5.82 Å². The van der Waals surface area contributed by atoms with Crippen molar-refractivity contribution < 1.29 is 23.8 Å². The molecule has 2 aliphatic rings. The number of ether oxygens (including phenoxy) is 2. The lowest BCUT2D eigenvalue weighted by atomic mass is 10.0. The summed E-state index contributed by atoms with van der Waals surface area (Å²) in [6.07, 6.45) is 1.36. The van der Waals surface area contributed by atoms with Crippen LogP contribution in [0.4, 0.5) is 10.1 Å². The Hall–Kier alpha value is -4.35. The van der Waals surface area contributed by atoms with E-state index in [1.807, 2.05) is 11.0 Å². The third kappa shape index (κ3) is 6.74. The van der Waals surface area contributed by atoms with Gasteiger partial charge in [0.05, 0.1) is 18.7 Å². The molecule has 10 nitrogen and oxygen atoms in total. The number of aliphatic hydroxyl groups excluding tert-OH is 1. The van der Waals surface area contributed by atoms with Crippen molar-refractivity contribution in [2.75, 3.05) is 32.8 Å². The number of carbonyl (C=O) groups is 1. The van der Waals surface area contributed by atoms with Gasteiger partial charge in [-0.3, -0.25) is 19.7 Å². The predicted octanol–water partition coefficient (Wildman–Crippen LogP) is 3.95. The number of hydrogen-bond donors (Lipinski definition) is 2. The van der Waals surface area contributed by atoms with Crippen LogP contribution >= 0.6 is 0 Å². The second-order valence-electron chi connectivity index (χ2n) is 11.4. The molecule has 5 rings (SSSR count). The van der Waals surface area contributed by atoms with Crippen LogP contribution in [-0.2, 0) is 6.42 Å². The largest absolute Gasteiger partial charge is 0.487 e. The SMILES string of the molecule is CC(C)N(C[C@@H](O)COc1ccc2c(c1OCCc1ccc(F)cc1)N=C(c1ncccc1C(N)=O)N1CCN=C21)C(C)C. The number of pyridine rings is 1. The highest BCUT2D eigenvalue weighted by molar-refractivity contribution is 6.22. The Bertz CT molecular complexity index is 1550. The molecule has 3 N–H and O–H groups in total. The van der Waals surface area contributed by atoms with Gasteiger partial charge in [-0.2, -0.15) is 0 Å². The Balaban J connectivity index is 1.51. The number of rotatable bonds is 13. The third-order valence-corrected chi connectivity index (χ3v) is 7.67. The van der Waals surface area contributed by atoms with Gasteiger partial charge in [0, 0.05) is 43.4 Å². The molecule has 11 heteroatoms. The molecular weight excluding hydrogens is 563 g/mol. The second-order valence-corrected chi connectivity index (χ2v) is 11.4. The molecule has 1 atom stereocenters. The standard InChI is InChI=1S/C33H39FN6O4/c1-20(2)40(21(3)4)18-24(41)19-44-27-12-11-26-28(30(27)43-17-13-22-7-9-23(34)10-8-22)38-33(39-16-15-37-32(26)39)29-25(31(35)42)6-5-14-36-29/h5-12,14,20-21,24,41H,13,15-19H2,1-4H3,(H2,35,42)/t24-/m1/s1. The van der Waals surface area contributed by atoms with Crippen molar-refractivity contribution in [3.63, 3.8) is 0 Å². The second kappa shape index (κ2) is 13.5. The summed E-state index contributed by atoms with van der Waals surface area (Å²) in [6, 6.07) is 13.7. The van der Waals surface area contributed by atoms with E-state index in [0.717, 1.165) is 11.1 Å². The fourth-order valence-corrected chi connectivity index (χ4v) is 5.53. The highest BCUT2D eigenvalue weighted by Gasteiger charge is 2.35. The molecule has 0 saturated carbocycles. The summed E-state index contributed by atoms with van der Waals surface area (Å²) < 4.78 is 26.0. The first kappa shape index (κ1) is 31.1. The summed E-state index contributed by atoms with van der Waals surface area (Å²) >= 11 is 0. The molecule has 2 aliphatic heterocycles. The average Bonchev–Trinajstić information content (AvgIpc) is 3.50. The smallest absolute Gasteiger partial charge is 0.251 e. The maximum Gasteiger partial charge on any atom is 0.251 e. The Labute approximate surface area is 257 Å². The molecule has 0 fully saturated rings. The maximum atomic E-state index is 13.5. The zero-order valence-corrected chi connectivity index (χ0v) is 25.5. The number of hydrogen-bond acceptors (Lipinski definition) is 9. The Morgan fingerprint density at radius 1 is 1.07 bits per heavy atom. The number of primary amides is 1. The first-order valence-corrected chi connectivity index (χ1v) is 14.9. The minimum absolute atomic E-state index is 0.0404. The van der Waals surface area contributed by atoms with Crippen molar-refractivity contribution in [1.29, 1.82) is 0 Å². The highest BCUT2D eigenvalue weighted by atomic mass is 19.1. The number of halogens is 1. The van der Waals surface area contributed by atoms with Crippen LogP contribution < -0.4 is 15.2 Å². The molecule has 0 bridgehead atoms. The molecule has 1 aromatic heterocycles. The number of amides is 1. The highest BCUT2D eigenvalue weighted by Crippen LogP contribution is 2.44. The van der Waals surface area contributed by atoms with Gasteiger partial charge in [0.15, 0.2) is 17.3 Å². The van der Waals surface area contributed by atoms with Gasteiger partial charge < -0.3 is 25.2 Å². The Morgan fingerprint density at radius 2 is 1.82 bits per heavy atom. The first-order chi connectivity index (χ1) is 21.1. The van der Waals surface area contributed by atoms with Gasteiger partial charge in [-0.15, -0.1) is 0 Å². The molecule has 232 valence electrons. The van der Waals surface area contributed by atoms with Gasteiger partial charge in [0.1, 0.15) is 35.7 Å². The normalized spacial score (nSPS) is 14.8. The van der Waals surface area contributed by atoms with Crippen LogP contribution in [0.2, 0.25) is 0 Å².